The lowest BCUT2D eigenvalue weighted by Crippen LogP contribution is -2.09. The number of pyridine rings is 1. The highest BCUT2D eigenvalue weighted by atomic mass is 32.1. The Hall–Kier alpha value is -3.64. The molecule has 0 aliphatic rings. The van der Waals surface area contributed by atoms with Crippen LogP contribution in [0.4, 0.5) is 5.82 Å². The molecule has 164 valence electrons. The lowest BCUT2D eigenvalue weighted by atomic mass is 9.99. The monoisotopic (exact) mass is 451 g/mol. The fourth-order valence-electron chi connectivity index (χ4n) is 4.08. The van der Waals surface area contributed by atoms with Crippen molar-refractivity contribution < 1.29 is 0 Å². The van der Waals surface area contributed by atoms with Crippen LogP contribution in [0, 0.1) is 20.8 Å². The van der Waals surface area contributed by atoms with E-state index in [1.165, 1.54) is 11.1 Å². The van der Waals surface area contributed by atoms with E-state index in [1.807, 2.05) is 31.5 Å². The van der Waals surface area contributed by atoms with E-state index in [9.17, 15) is 0 Å². The number of nitrogens with one attached hydrogen (secondary N) is 1. The van der Waals surface area contributed by atoms with Gasteiger partial charge in [0, 0.05) is 34.6 Å². The Balaban J connectivity index is 1.42. The maximum absolute atomic E-state index is 4.67. The summed E-state index contributed by atoms with van der Waals surface area (Å²) in [4.78, 5) is 18.3. The molecule has 5 rings (SSSR count). The van der Waals surface area contributed by atoms with E-state index in [0.717, 1.165) is 50.1 Å². The van der Waals surface area contributed by atoms with Crippen molar-refractivity contribution in [3.63, 3.8) is 0 Å². The zero-order chi connectivity index (χ0) is 22.9. The van der Waals surface area contributed by atoms with Crippen LogP contribution in [0.1, 0.15) is 35.7 Å². The van der Waals surface area contributed by atoms with E-state index < -0.39 is 0 Å². The number of thiazole rings is 1. The Morgan fingerprint density at radius 2 is 1.73 bits per heavy atom. The van der Waals surface area contributed by atoms with E-state index in [-0.39, 0.29) is 6.04 Å². The molecule has 0 saturated carbocycles. The standard InChI is InChI=1S/C27H25N5S/c1-16-8-10-23(18(3)29-16)21-7-5-6-20(12-21)17(2)30-27-14-25(31-19(4)32-27)22-9-11-24-26(13-22)33-15-28-24/h5-15,17H,1-4H3,(H,30,31,32). The minimum Gasteiger partial charge on any atom is -0.363 e. The molecule has 5 aromatic rings. The van der Waals surface area contributed by atoms with Crippen LogP contribution in [0.3, 0.4) is 0 Å². The van der Waals surface area contributed by atoms with Crippen molar-refractivity contribution in [3.8, 4) is 22.4 Å². The summed E-state index contributed by atoms with van der Waals surface area (Å²) in [5.74, 6) is 1.55. The molecule has 3 aromatic heterocycles. The molecule has 5 nitrogen and oxygen atoms in total. The normalized spacial score (nSPS) is 12.1. The second kappa shape index (κ2) is 8.71. The molecule has 0 amide bonds. The first-order chi connectivity index (χ1) is 16.0. The number of benzene rings is 2. The van der Waals surface area contributed by atoms with Crippen LogP contribution in [0.5, 0.6) is 0 Å². The molecule has 2 aromatic carbocycles. The quantitative estimate of drug-likeness (QED) is 0.314. The number of hydrogen-bond donors (Lipinski definition) is 1. The number of aromatic nitrogens is 4. The molecule has 1 N–H and O–H groups in total. The van der Waals surface area contributed by atoms with Gasteiger partial charge in [0.25, 0.3) is 0 Å². The van der Waals surface area contributed by atoms with Gasteiger partial charge in [-0.2, -0.15) is 0 Å². The van der Waals surface area contributed by atoms with E-state index >= 15 is 0 Å². The average molecular weight is 452 g/mol. The largest absolute Gasteiger partial charge is 0.363 e. The lowest BCUT2D eigenvalue weighted by molar-refractivity contribution is 0.868. The maximum Gasteiger partial charge on any atom is 0.130 e. The molecular weight excluding hydrogens is 426 g/mol. The van der Waals surface area contributed by atoms with Crippen LogP contribution in [-0.2, 0) is 0 Å². The summed E-state index contributed by atoms with van der Waals surface area (Å²) in [6, 6.07) is 21.2. The predicted molar refractivity (Wildman–Crippen MR) is 137 cm³/mol. The summed E-state index contributed by atoms with van der Waals surface area (Å²) in [5.41, 5.74) is 10.5. The number of rotatable bonds is 5. The van der Waals surface area contributed by atoms with E-state index in [0.29, 0.717) is 0 Å². The third kappa shape index (κ3) is 4.47. The Morgan fingerprint density at radius 1 is 0.848 bits per heavy atom. The summed E-state index contributed by atoms with van der Waals surface area (Å²) < 4.78 is 1.16. The van der Waals surface area contributed by atoms with Crippen molar-refractivity contribution in [2.24, 2.45) is 0 Å². The van der Waals surface area contributed by atoms with Crippen LogP contribution >= 0.6 is 11.3 Å². The zero-order valence-corrected chi connectivity index (χ0v) is 19.9. The van der Waals surface area contributed by atoms with E-state index in [4.69, 9.17) is 0 Å². The molecule has 33 heavy (non-hydrogen) atoms. The summed E-state index contributed by atoms with van der Waals surface area (Å²) in [5, 5.41) is 3.57. The van der Waals surface area contributed by atoms with Crippen molar-refractivity contribution in [1.29, 1.82) is 0 Å². The molecule has 0 radical (unpaired) electrons. The van der Waals surface area contributed by atoms with Crippen molar-refractivity contribution in [2.45, 2.75) is 33.7 Å². The van der Waals surface area contributed by atoms with Gasteiger partial charge in [-0.3, -0.25) is 4.98 Å². The van der Waals surface area contributed by atoms with Crippen LogP contribution < -0.4 is 5.32 Å². The van der Waals surface area contributed by atoms with Crippen molar-refractivity contribution >= 4 is 27.4 Å². The highest BCUT2D eigenvalue weighted by molar-refractivity contribution is 7.16. The van der Waals surface area contributed by atoms with Gasteiger partial charge in [-0.15, -0.1) is 11.3 Å². The SMILES string of the molecule is Cc1ccc(-c2cccc(C(C)Nc3cc(-c4ccc5ncsc5c4)nc(C)n3)c2)c(C)n1. The fraction of sp³-hybridized carbons (Fsp3) is 0.185. The fourth-order valence-corrected chi connectivity index (χ4v) is 4.79. The van der Waals surface area contributed by atoms with Crippen molar-refractivity contribution in [1.82, 2.24) is 19.9 Å². The topological polar surface area (TPSA) is 63.6 Å². The summed E-state index contributed by atoms with van der Waals surface area (Å²) in [6.45, 7) is 8.16. The summed E-state index contributed by atoms with van der Waals surface area (Å²) in [7, 11) is 0. The molecule has 0 bridgehead atoms. The van der Waals surface area contributed by atoms with Crippen LogP contribution in [0.15, 0.2) is 66.2 Å². The first-order valence-electron chi connectivity index (χ1n) is 11.0. The molecule has 0 spiro atoms. The van der Waals surface area contributed by atoms with Crippen molar-refractivity contribution in [2.75, 3.05) is 5.32 Å². The summed E-state index contributed by atoms with van der Waals surface area (Å²) in [6.07, 6.45) is 0. The molecule has 1 unspecified atom stereocenters. The van der Waals surface area contributed by atoms with E-state index in [1.54, 1.807) is 11.3 Å². The Kier molecular flexibility index (Phi) is 5.60. The molecule has 0 aliphatic carbocycles. The Morgan fingerprint density at radius 3 is 2.58 bits per heavy atom. The molecule has 0 aliphatic heterocycles. The third-order valence-corrected chi connectivity index (χ3v) is 6.54. The number of fused-ring (bicyclic) bond motifs is 1. The molecule has 0 saturated heterocycles. The minimum absolute atomic E-state index is 0.0785. The van der Waals surface area contributed by atoms with Gasteiger partial charge in [0.2, 0.25) is 0 Å². The van der Waals surface area contributed by atoms with Gasteiger partial charge in [-0.25, -0.2) is 15.0 Å². The van der Waals surface area contributed by atoms with E-state index in [2.05, 4.69) is 87.6 Å². The summed E-state index contributed by atoms with van der Waals surface area (Å²) >= 11 is 1.64. The predicted octanol–water partition coefficient (Wildman–Crippen LogP) is 6.91. The first kappa shape index (κ1) is 21.2. The second-order valence-electron chi connectivity index (χ2n) is 8.30. The van der Waals surface area contributed by atoms with Crippen LogP contribution in [0.2, 0.25) is 0 Å². The second-order valence-corrected chi connectivity index (χ2v) is 9.18. The average Bonchev–Trinajstić information content (AvgIpc) is 3.27. The minimum atomic E-state index is 0.0785. The van der Waals surface area contributed by atoms with Gasteiger partial charge in [0.05, 0.1) is 21.4 Å². The van der Waals surface area contributed by atoms with Crippen molar-refractivity contribution in [3.05, 3.63) is 88.9 Å². The van der Waals surface area contributed by atoms with Gasteiger partial charge in [0.15, 0.2) is 0 Å². The van der Waals surface area contributed by atoms with Gasteiger partial charge >= 0.3 is 0 Å². The van der Waals surface area contributed by atoms with Crippen LogP contribution in [-0.4, -0.2) is 19.9 Å². The van der Waals surface area contributed by atoms with Crippen LogP contribution in [0.25, 0.3) is 32.6 Å². The molecule has 3 heterocycles. The van der Waals surface area contributed by atoms with Gasteiger partial charge in [-0.1, -0.05) is 30.3 Å². The molecule has 0 fully saturated rings. The Labute approximate surface area is 197 Å². The number of anilines is 1. The first-order valence-corrected chi connectivity index (χ1v) is 11.8. The van der Waals surface area contributed by atoms with Gasteiger partial charge < -0.3 is 5.32 Å². The number of nitrogens with zero attached hydrogens (tertiary/aromatic N) is 4. The zero-order valence-electron chi connectivity index (χ0n) is 19.1. The number of hydrogen-bond acceptors (Lipinski definition) is 6. The Bertz CT molecular complexity index is 1460. The molecule has 1 atom stereocenters. The highest BCUT2D eigenvalue weighted by Gasteiger charge is 2.12. The molecule has 6 heteroatoms. The van der Waals surface area contributed by atoms with Gasteiger partial charge in [-0.05, 0) is 63.1 Å². The maximum atomic E-state index is 4.67. The smallest absolute Gasteiger partial charge is 0.130 e. The highest BCUT2D eigenvalue weighted by Crippen LogP contribution is 2.29. The third-order valence-electron chi connectivity index (χ3n) is 5.75. The van der Waals surface area contributed by atoms with Gasteiger partial charge in [0.1, 0.15) is 11.6 Å². The molecular formula is C27H25N5S. The lowest BCUT2D eigenvalue weighted by Gasteiger charge is -2.17. The number of aryl methyl sites for hydroxylation is 3.